The van der Waals surface area contributed by atoms with E-state index in [9.17, 15) is 19.4 Å². The van der Waals surface area contributed by atoms with E-state index in [1.165, 1.54) is 89.9 Å². The van der Waals surface area contributed by atoms with Crippen molar-refractivity contribution in [3.8, 4) is 0 Å². The summed E-state index contributed by atoms with van der Waals surface area (Å²) in [5, 5.41) is 13.7. The van der Waals surface area contributed by atoms with E-state index in [4.69, 9.17) is 9.05 Å². The summed E-state index contributed by atoms with van der Waals surface area (Å²) in [5.41, 5.74) is 0. The molecule has 0 aliphatic rings. The average Bonchev–Trinajstić information content (AvgIpc) is 2.92. The summed E-state index contributed by atoms with van der Waals surface area (Å²) >= 11 is 0. The summed E-state index contributed by atoms with van der Waals surface area (Å²) in [6, 6.07) is -0.788. The van der Waals surface area contributed by atoms with E-state index < -0.39 is 20.0 Å². The number of nitrogens with zero attached hydrogens (tertiary/aromatic N) is 1. The number of hydrogen-bond acceptors (Lipinski definition) is 6. The van der Waals surface area contributed by atoms with E-state index in [2.05, 4.69) is 19.2 Å². The second kappa shape index (κ2) is 26.9. The molecule has 0 aromatic carbocycles. The number of unbranched alkanes of at least 4 members (excludes halogenated alkanes) is 18. The van der Waals surface area contributed by atoms with Crippen molar-refractivity contribution < 1.29 is 32.9 Å². The van der Waals surface area contributed by atoms with Gasteiger partial charge in [0.1, 0.15) is 13.2 Å². The van der Waals surface area contributed by atoms with Gasteiger partial charge in [-0.2, -0.15) is 0 Å². The first-order chi connectivity index (χ1) is 20.0. The molecule has 0 aliphatic heterocycles. The number of carbonyl (C=O) groups excluding carboxylic acids is 1. The molecule has 3 atom stereocenters. The number of aliphatic hydroxyl groups is 1. The minimum absolute atomic E-state index is 0.0150. The molecule has 0 heterocycles. The van der Waals surface area contributed by atoms with Crippen molar-refractivity contribution in [2.45, 2.75) is 167 Å². The SMILES string of the molecule is CCCCCCCCCCCCCCC(=O)NC(COP(=O)([O-])OCC[N+](C)(C)C)C(O)CCCCCCCCCC. The highest BCUT2D eigenvalue weighted by Gasteiger charge is 2.24. The highest BCUT2D eigenvalue weighted by Crippen LogP contribution is 2.38. The number of rotatable bonds is 31. The summed E-state index contributed by atoms with van der Waals surface area (Å²) in [6.45, 7) is 4.66. The number of quaternary nitrogens is 1. The normalized spacial score (nSPS) is 14.9. The molecule has 0 saturated heterocycles. The highest BCUT2D eigenvalue weighted by molar-refractivity contribution is 7.45. The quantitative estimate of drug-likeness (QED) is 0.0468. The number of aliphatic hydroxyl groups excluding tert-OH is 1. The molecule has 42 heavy (non-hydrogen) atoms. The molecule has 0 aromatic heterocycles. The van der Waals surface area contributed by atoms with Gasteiger partial charge in [-0.3, -0.25) is 9.36 Å². The van der Waals surface area contributed by atoms with Crippen molar-refractivity contribution in [3.63, 3.8) is 0 Å². The van der Waals surface area contributed by atoms with E-state index in [0.717, 1.165) is 38.5 Å². The van der Waals surface area contributed by atoms with Crippen LogP contribution in [0.2, 0.25) is 0 Å². The Morgan fingerprint density at radius 1 is 0.738 bits per heavy atom. The predicted molar refractivity (Wildman–Crippen MR) is 173 cm³/mol. The molecule has 0 aliphatic carbocycles. The lowest BCUT2D eigenvalue weighted by Gasteiger charge is -2.30. The zero-order valence-corrected chi connectivity index (χ0v) is 29.1. The molecule has 2 N–H and O–H groups in total. The number of phosphoric ester groups is 1. The number of carbonyl (C=O) groups is 1. The van der Waals surface area contributed by atoms with Gasteiger partial charge in [0.2, 0.25) is 5.91 Å². The van der Waals surface area contributed by atoms with Gasteiger partial charge in [-0.25, -0.2) is 0 Å². The van der Waals surface area contributed by atoms with Crippen molar-refractivity contribution in [2.24, 2.45) is 0 Å². The predicted octanol–water partition coefficient (Wildman–Crippen LogP) is 7.66. The molecule has 3 unspecified atom stereocenters. The van der Waals surface area contributed by atoms with E-state index in [1.54, 1.807) is 0 Å². The van der Waals surface area contributed by atoms with Crippen LogP contribution in [0.3, 0.4) is 0 Å². The van der Waals surface area contributed by atoms with Crippen LogP contribution in [0, 0.1) is 0 Å². The van der Waals surface area contributed by atoms with Gasteiger partial charge in [0, 0.05) is 6.42 Å². The molecule has 0 spiro atoms. The van der Waals surface area contributed by atoms with Gasteiger partial charge in [-0.1, -0.05) is 136 Å². The Labute approximate surface area is 259 Å². The van der Waals surface area contributed by atoms with Gasteiger partial charge in [0.15, 0.2) is 0 Å². The van der Waals surface area contributed by atoms with Crippen molar-refractivity contribution in [1.29, 1.82) is 0 Å². The second-order valence-electron chi connectivity index (χ2n) is 13.2. The summed E-state index contributed by atoms with van der Waals surface area (Å²) < 4.78 is 23.0. The molecule has 252 valence electrons. The molecular weight excluding hydrogens is 551 g/mol. The number of phosphoric acid groups is 1. The molecule has 0 radical (unpaired) electrons. The molecular formula is C33H69N2O6P. The van der Waals surface area contributed by atoms with Gasteiger partial charge in [0.05, 0.1) is 39.9 Å². The summed E-state index contributed by atoms with van der Waals surface area (Å²) in [5.74, 6) is -0.169. The van der Waals surface area contributed by atoms with Crippen LogP contribution in [-0.4, -0.2) is 68.5 Å². The number of amides is 1. The maximum absolute atomic E-state index is 12.7. The van der Waals surface area contributed by atoms with Crippen molar-refractivity contribution in [3.05, 3.63) is 0 Å². The molecule has 0 saturated carbocycles. The molecule has 0 rings (SSSR count). The molecule has 8 nitrogen and oxygen atoms in total. The van der Waals surface area contributed by atoms with Crippen molar-refractivity contribution in [1.82, 2.24) is 5.32 Å². The summed E-state index contributed by atoms with van der Waals surface area (Å²) in [4.78, 5) is 25.0. The number of nitrogens with one attached hydrogen (secondary N) is 1. The van der Waals surface area contributed by atoms with Crippen LogP contribution in [0.15, 0.2) is 0 Å². The minimum Gasteiger partial charge on any atom is -0.756 e. The standard InChI is InChI=1S/C33H69N2O6P/c1-6-8-10-12-14-16-17-18-19-21-23-25-27-33(37)34-31(30-41-42(38,39)40-29-28-35(3,4)5)32(36)26-24-22-20-15-13-11-9-7-2/h31-32,36H,6-30H2,1-5H3,(H-,34,37,38,39). The number of likely N-dealkylation sites (N-methyl/N-ethyl adjacent to an activating group) is 1. The second-order valence-corrected chi connectivity index (χ2v) is 14.6. The van der Waals surface area contributed by atoms with E-state index in [0.29, 0.717) is 23.9 Å². The first-order valence-corrected chi connectivity index (χ1v) is 18.8. The first kappa shape index (κ1) is 41.5. The van der Waals surface area contributed by atoms with Gasteiger partial charge in [0.25, 0.3) is 7.82 Å². The topological polar surface area (TPSA) is 108 Å². The Balaban J connectivity index is 4.48. The lowest BCUT2D eigenvalue weighted by molar-refractivity contribution is -0.870. The summed E-state index contributed by atoms with van der Waals surface area (Å²) in [6.07, 6.45) is 23.9. The lowest BCUT2D eigenvalue weighted by Crippen LogP contribution is -2.46. The van der Waals surface area contributed by atoms with Gasteiger partial charge >= 0.3 is 0 Å². The van der Waals surface area contributed by atoms with Crippen LogP contribution in [0.4, 0.5) is 0 Å². The Kier molecular flexibility index (Phi) is 26.5. The van der Waals surface area contributed by atoms with Crippen LogP contribution in [0.5, 0.6) is 0 Å². The van der Waals surface area contributed by atoms with E-state index in [1.807, 2.05) is 21.1 Å². The van der Waals surface area contributed by atoms with Crippen molar-refractivity contribution in [2.75, 3.05) is 40.9 Å². The zero-order valence-electron chi connectivity index (χ0n) is 28.2. The monoisotopic (exact) mass is 620 g/mol. The third kappa shape index (κ3) is 28.3. The average molecular weight is 621 g/mol. The van der Waals surface area contributed by atoms with Gasteiger partial charge in [-0.05, 0) is 12.8 Å². The Morgan fingerprint density at radius 2 is 1.17 bits per heavy atom. The van der Waals surface area contributed by atoms with Crippen LogP contribution >= 0.6 is 7.82 Å². The maximum atomic E-state index is 12.7. The third-order valence-corrected chi connectivity index (χ3v) is 8.81. The maximum Gasteiger partial charge on any atom is 0.268 e. The molecule has 0 fully saturated rings. The lowest BCUT2D eigenvalue weighted by atomic mass is 10.0. The first-order valence-electron chi connectivity index (χ1n) is 17.4. The Hall–Kier alpha value is -0.500. The fraction of sp³-hybridized carbons (Fsp3) is 0.970. The molecule has 0 bridgehead atoms. The van der Waals surface area contributed by atoms with Crippen LogP contribution in [0.1, 0.15) is 155 Å². The van der Waals surface area contributed by atoms with Crippen LogP contribution in [-0.2, 0) is 18.4 Å². The van der Waals surface area contributed by atoms with Gasteiger partial charge < -0.3 is 28.8 Å². The fourth-order valence-electron chi connectivity index (χ4n) is 4.98. The zero-order chi connectivity index (χ0) is 31.5. The van der Waals surface area contributed by atoms with Crippen LogP contribution < -0.4 is 10.2 Å². The van der Waals surface area contributed by atoms with Crippen molar-refractivity contribution >= 4 is 13.7 Å². The Morgan fingerprint density at radius 3 is 1.62 bits per heavy atom. The van der Waals surface area contributed by atoms with Gasteiger partial charge in [-0.15, -0.1) is 0 Å². The van der Waals surface area contributed by atoms with E-state index >= 15 is 0 Å². The third-order valence-electron chi connectivity index (χ3n) is 7.85. The molecule has 9 heteroatoms. The van der Waals surface area contributed by atoms with Crippen LogP contribution in [0.25, 0.3) is 0 Å². The fourth-order valence-corrected chi connectivity index (χ4v) is 5.70. The number of hydrogen-bond donors (Lipinski definition) is 2. The molecule has 0 aromatic rings. The smallest absolute Gasteiger partial charge is 0.268 e. The minimum atomic E-state index is -4.54. The van der Waals surface area contributed by atoms with E-state index in [-0.39, 0.29) is 19.1 Å². The Bertz CT molecular complexity index is 673. The summed E-state index contributed by atoms with van der Waals surface area (Å²) in [7, 11) is 1.31. The molecule has 1 amide bonds. The largest absolute Gasteiger partial charge is 0.756 e. The highest BCUT2D eigenvalue weighted by atomic mass is 31.2.